The van der Waals surface area contributed by atoms with Gasteiger partial charge in [-0.2, -0.15) is 15.2 Å². The molecule has 0 aliphatic carbocycles. The number of likely N-dealkylation sites (tertiary alicyclic amines) is 1. The first-order valence-corrected chi connectivity index (χ1v) is 20.5. The standard InChI is InChI=1S/C41H47ClF3N7O5S/c1-21-28(12-15-52(21)38(54)57-40(5,6)7)50(8)34-24-16-26(42)30(31(45)32(24)47-36(48-34)55-20-41-13-9-14-51(41)19-22(43)17-41)23-10-11-27(44)33-29(23)25(18-46)35(58-33)49-37(53)56-39(2,3)4/h10-11,16,21-22,28H,9,12-15,17,19-20H2,1-8H3,(H,49,53)/t21-,22-,28-,41+/m1/s1. The third-order valence-electron chi connectivity index (χ3n) is 11.0. The van der Waals surface area contributed by atoms with Crippen molar-refractivity contribution >= 4 is 66.9 Å². The summed E-state index contributed by atoms with van der Waals surface area (Å²) in [6, 6.07) is 5.28. The van der Waals surface area contributed by atoms with Gasteiger partial charge in [0.1, 0.15) is 52.2 Å². The van der Waals surface area contributed by atoms with Gasteiger partial charge in [-0.25, -0.2) is 22.8 Å². The SMILES string of the molecule is C[C@@H]1[C@H](N(C)c2nc(OC[C@@]34CCCN3C[C@H](F)C4)nc3c(F)c(-c4ccc(F)c5sc(NC(=O)OC(C)(C)C)c(C#N)c45)c(Cl)cc23)CCN1C(=O)OC(C)(C)C. The maximum atomic E-state index is 17.5. The van der Waals surface area contributed by atoms with Crippen molar-refractivity contribution in [2.24, 2.45) is 0 Å². The minimum atomic E-state index is -0.996. The van der Waals surface area contributed by atoms with E-state index in [1.54, 1.807) is 53.5 Å². The van der Waals surface area contributed by atoms with Crippen LogP contribution in [0.25, 0.3) is 32.1 Å². The molecule has 12 nitrogen and oxygen atoms in total. The number of likely N-dealkylation sites (N-methyl/N-ethyl adjacent to an activating group) is 1. The third kappa shape index (κ3) is 7.80. The number of carbonyl (C=O) groups is 2. The first-order chi connectivity index (χ1) is 27.2. The van der Waals surface area contributed by atoms with Crippen LogP contribution in [0.3, 0.4) is 0 Å². The average molecular weight is 842 g/mol. The van der Waals surface area contributed by atoms with Gasteiger partial charge in [0.25, 0.3) is 0 Å². The molecule has 0 spiro atoms. The van der Waals surface area contributed by atoms with Gasteiger partial charge in [-0.3, -0.25) is 10.2 Å². The monoisotopic (exact) mass is 841 g/mol. The summed E-state index contributed by atoms with van der Waals surface area (Å²) in [5, 5.41) is 13.1. The van der Waals surface area contributed by atoms with Crippen LogP contribution in [0.15, 0.2) is 18.2 Å². The zero-order valence-corrected chi connectivity index (χ0v) is 35.3. The molecule has 0 saturated carbocycles. The summed E-state index contributed by atoms with van der Waals surface area (Å²) in [7, 11) is 1.79. The lowest BCUT2D eigenvalue weighted by molar-refractivity contribution is 0.0233. The molecule has 17 heteroatoms. The van der Waals surface area contributed by atoms with Crippen molar-refractivity contribution in [2.45, 2.75) is 109 Å². The molecule has 1 N–H and O–H groups in total. The molecule has 5 heterocycles. The third-order valence-corrected chi connectivity index (χ3v) is 12.4. The topological polar surface area (TPSA) is 133 Å². The van der Waals surface area contributed by atoms with Crippen molar-refractivity contribution in [3.05, 3.63) is 40.4 Å². The number of benzene rings is 2. The molecule has 0 bridgehead atoms. The Morgan fingerprint density at radius 2 is 1.86 bits per heavy atom. The predicted molar refractivity (Wildman–Crippen MR) is 218 cm³/mol. The van der Waals surface area contributed by atoms with Crippen LogP contribution >= 0.6 is 22.9 Å². The number of nitrogens with one attached hydrogen (secondary N) is 1. The van der Waals surface area contributed by atoms with Gasteiger partial charge in [0, 0.05) is 42.9 Å². The maximum absolute atomic E-state index is 17.5. The summed E-state index contributed by atoms with van der Waals surface area (Å²) in [6.07, 6.45) is 0.175. The number of amides is 2. The van der Waals surface area contributed by atoms with Gasteiger partial charge in [0.2, 0.25) is 0 Å². The summed E-state index contributed by atoms with van der Waals surface area (Å²) in [6.45, 7) is 13.9. The van der Waals surface area contributed by atoms with E-state index in [4.69, 9.17) is 30.8 Å². The summed E-state index contributed by atoms with van der Waals surface area (Å²) in [5.41, 5.74) is -2.40. The summed E-state index contributed by atoms with van der Waals surface area (Å²) in [4.78, 5) is 40.9. The van der Waals surface area contributed by atoms with E-state index in [1.165, 1.54) is 12.1 Å². The number of nitriles is 1. The number of alkyl halides is 1. The highest BCUT2D eigenvalue weighted by Crippen LogP contribution is 2.47. The van der Waals surface area contributed by atoms with E-state index >= 15 is 8.78 Å². The second-order valence-electron chi connectivity index (χ2n) is 17.4. The Kier molecular flexibility index (Phi) is 10.9. The van der Waals surface area contributed by atoms with Gasteiger partial charge in [0.05, 0.1) is 32.9 Å². The number of ether oxygens (including phenoxy) is 3. The molecule has 2 amide bonds. The van der Waals surface area contributed by atoms with E-state index in [-0.39, 0.29) is 78.2 Å². The molecular formula is C41H47ClF3N7O5S. The zero-order chi connectivity index (χ0) is 42.1. The Morgan fingerprint density at radius 3 is 2.55 bits per heavy atom. The van der Waals surface area contributed by atoms with Gasteiger partial charge >= 0.3 is 18.2 Å². The van der Waals surface area contributed by atoms with Crippen molar-refractivity contribution < 1.29 is 37.0 Å². The van der Waals surface area contributed by atoms with E-state index in [9.17, 15) is 19.2 Å². The van der Waals surface area contributed by atoms with Crippen molar-refractivity contribution in [2.75, 3.05) is 43.5 Å². The van der Waals surface area contributed by atoms with Crippen LogP contribution in [0.1, 0.15) is 79.7 Å². The smallest absolute Gasteiger partial charge is 0.412 e. The first kappa shape index (κ1) is 41.6. The molecule has 4 aromatic rings. The van der Waals surface area contributed by atoms with E-state index in [0.717, 1.165) is 36.8 Å². The van der Waals surface area contributed by atoms with Crippen molar-refractivity contribution in [1.82, 2.24) is 19.8 Å². The lowest BCUT2D eigenvalue weighted by Gasteiger charge is -2.33. The number of fused-ring (bicyclic) bond motifs is 3. The van der Waals surface area contributed by atoms with Gasteiger partial charge in [-0.1, -0.05) is 17.7 Å². The van der Waals surface area contributed by atoms with Gasteiger partial charge in [-0.05, 0) is 92.0 Å². The Balaban J connectivity index is 1.35. The highest BCUT2D eigenvalue weighted by molar-refractivity contribution is 7.23. The molecule has 3 aliphatic rings. The summed E-state index contributed by atoms with van der Waals surface area (Å²) in [5.74, 6) is -1.29. The molecule has 0 unspecified atom stereocenters. The molecular weight excluding hydrogens is 795 g/mol. The Morgan fingerprint density at radius 1 is 1.14 bits per heavy atom. The number of halogens is 4. The van der Waals surface area contributed by atoms with Crippen molar-refractivity contribution in [3.8, 4) is 23.2 Å². The molecule has 7 rings (SSSR count). The van der Waals surface area contributed by atoms with E-state index in [1.807, 2.05) is 17.9 Å². The number of hydrogen-bond donors (Lipinski definition) is 1. The van der Waals surface area contributed by atoms with Crippen LogP contribution in [0.5, 0.6) is 6.01 Å². The molecule has 3 aliphatic heterocycles. The number of nitrogens with zero attached hydrogens (tertiary/aromatic N) is 6. The predicted octanol–water partition coefficient (Wildman–Crippen LogP) is 9.45. The van der Waals surface area contributed by atoms with Gasteiger partial charge < -0.3 is 24.0 Å². The number of rotatable bonds is 7. The highest BCUT2D eigenvalue weighted by Gasteiger charge is 2.49. The number of aromatic nitrogens is 2. The van der Waals surface area contributed by atoms with Crippen molar-refractivity contribution in [3.63, 3.8) is 0 Å². The molecule has 0 radical (unpaired) electrons. The minimum Gasteiger partial charge on any atom is -0.461 e. The molecule has 3 fully saturated rings. The van der Waals surface area contributed by atoms with E-state index in [0.29, 0.717) is 25.9 Å². The number of hydrogen-bond acceptors (Lipinski definition) is 11. The van der Waals surface area contributed by atoms with Crippen LogP contribution in [0, 0.1) is 23.0 Å². The molecule has 2 aromatic carbocycles. The van der Waals surface area contributed by atoms with Crippen LogP contribution in [-0.4, -0.2) is 100 Å². The largest absolute Gasteiger partial charge is 0.461 e. The molecule has 58 heavy (non-hydrogen) atoms. The van der Waals surface area contributed by atoms with Crippen LogP contribution in [-0.2, 0) is 9.47 Å². The van der Waals surface area contributed by atoms with E-state index in [2.05, 4.69) is 15.2 Å². The Hall–Kier alpha value is -4.59. The van der Waals surface area contributed by atoms with Crippen LogP contribution in [0.2, 0.25) is 5.02 Å². The van der Waals surface area contributed by atoms with Gasteiger partial charge in [0.15, 0.2) is 5.82 Å². The first-order valence-electron chi connectivity index (χ1n) is 19.3. The second kappa shape index (κ2) is 15.2. The summed E-state index contributed by atoms with van der Waals surface area (Å²) >= 11 is 7.79. The highest BCUT2D eigenvalue weighted by atomic mass is 35.5. The molecule has 3 saturated heterocycles. The fourth-order valence-electron chi connectivity index (χ4n) is 8.54. The van der Waals surface area contributed by atoms with Crippen LogP contribution < -0.4 is 15.0 Å². The second-order valence-corrected chi connectivity index (χ2v) is 18.8. The molecule has 4 atom stereocenters. The lowest BCUT2D eigenvalue weighted by atomic mass is 9.95. The Labute approximate surface area is 344 Å². The minimum absolute atomic E-state index is 0.00401. The van der Waals surface area contributed by atoms with Crippen LogP contribution in [0.4, 0.5) is 33.6 Å². The van der Waals surface area contributed by atoms with Gasteiger partial charge in [-0.15, -0.1) is 11.3 Å². The van der Waals surface area contributed by atoms with Crippen molar-refractivity contribution in [1.29, 1.82) is 5.26 Å². The fraction of sp³-hybridized carbons (Fsp3) is 0.537. The normalized spacial score (nSPS) is 22.3. The zero-order valence-electron chi connectivity index (χ0n) is 33.8. The molecule has 310 valence electrons. The number of anilines is 2. The average Bonchev–Trinajstić information content (AvgIpc) is 3.87. The quantitative estimate of drug-likeness (QED) is 0.192. The number of carbonyl (C=O) groups excluding carboxylic acids is 2. The summed E-state index contributed by atoms with van der Waals surface area (Å²) < 4.78 is 64.9. The lowest BCUT2D eigenvalue weighted by Crippen LogP contribution is -2.45. The fourth-order valence-corrected chi connectivity index (χ4v) is 9.90. The number of thiophene rings is 1. The maximum Gasteiger partial charge on any atom is 0.412 e. The molecule has 2 aromatic heterocycles. The Bertz CT molecular complexity index is 2340. The van der Waals surface area contributed by atoms with E-state index < -0.39 is 46.7 Å².